The second-order valence-electron chi connectivity index (χ2n) is 5.92. The molecule has 0 radical (unpaired) electrons. The van der Waals surface area contributed by atoms with E-state index < -0.39 is 10.0 Å². The molecular weight excluding hydrogens is 312 g/mol. The molecule has 23 heavy (non-hydrogen) atoms. The standard InChI is InChI=1S/C17H28N2O3S/c1-3-19(4-2)23(20,21)17-7-5-15(6-8-17)13-18-14-16-9-11-22-12-10-16/h5-8,16,18H,3-4,9-14H2,1-2H3. The van der Waals surface area contributed by atoms with Crippen molar-refractivity contribution in [3.63, 3.8) is 0 Å². The van der Waals surface area contributed by atoms with Crippen molar-refractivity contribution in [2.24, 2.45) is 5.92 Å². The van der Waals surface area contributed by atoms with Crippen molar-refractivity contribution in [1.29, 1.82) is 0 Å². The third-order valence-electron chi connectivity index (χ3n) is 4.37. The number of hydrogen-bond donors (Lipinski definition) is 1. The Morgan fingerprint density at radius 1 is 1.13 bits per heavy atom. The Balaban J connectivity index is 1.89. The number of ether oxygens (including phenoxy) is 1. The van der Waals surface area contributed by atoms with Crippen LogP contribution in [0, 0.1) is 5.92 Å². The third-order valence-corrected chi connectivity index (χ3v) is 6.43. The fourth-order valence-corrected chi connectivity index (χ4v) is 4.32. The summed E-state index contributed by atoms with van der Waals surface area (Å²) in [6, 6.07) is 7.21. The first-order valence-electron chi connectivity index (χ1n) is 8.45. The quantitative estimate of drug-likeness (QED) is 0.788. The van der Waals surface area contributed by atoms with Crippen molar-refractivity contribution in [3.05, 3.63) is 29.8 Å². The highest BCUT2D eigenvalue weighted by molar-refractivity contribution is 7.89. The number of sulfonamides is 1. The van der Waals surface area contributed by atoms with Crippen molar-refractivity contribution < 1.29 is 13.2 Å². The number of hydrogen-bond acceptors (Lipinski definition) is 4. The third kappa shape index (κ3) is 5.01. The highest BCUT2D eigenvalue weighted by atomic mass is 32.2. The van der Waals surface area contributed by atoms with E-state index >= 15 is 0 Å². The fraction of sp³-hybridized carbons (Fsp3) is 0.647. The molecule has 0 saturated carbocycles. The van der Waals surface area contributed by atoms with Crippen LogP contribution in [-0.2, 0) is 21.3 Å². The van der Waals surface area contributed by atoms with Crippen molar-refractivity contribution in [1.82, 2.24) is 9.62 Å². The molecule has 6 heteroatoms. The summed E-state index contributed by atoms with van der Waals surface area (Å²) in [6.45, 7) is 8.19. The van der Waals surface area contributed by atoms with E-state index in [2.05, 4.69) is 5.32 Å². The normalized spacial score (nSPS) is 16.8. The zero-order valence-electron chi connectivity index (χ0n) is 14.1. The minimum atomic E-state index is -3.36. The minimum Gasteiger partial charge on any atom is -0.381 e. The van der Waals surface area contributed by atoms with Crippen LogP contribution in [-0.4, -0.2) is 45.6 Å². The van der Waals surface area contributed by atoms with Gasteiger partial charge in [0.2, 0.25) is 10.0 Å². The molecule has 0 aromatic heterocycles. The molecule has 0 aliphatic carbocycles. The van der Waals surface area contributed by atoms with Gasteiger partial charge in [0.1, 0.15) is 0 Å². The average molecular weight is 340 g/mol. The smallest absolute Gasteiger partial charge is 0.243 e. The van der Waals surface area contributed by atoms with Crippen LogP contribution < -0.4 is 5.32 Å². The maximum absolute atomic E-state index is 12.4. The minimum absolute atomic E-state index is 0.370. The highest BCUT2D eigenvalue weighted by Crippen LogP contribution is 2.17. The molecule has 1 fully saturated rings. The zero-order valence-corrected chi connectivity index (χ0v) is 14.9. The molecule has 0 unspecified atom stereocenters. The molecular formula is C17H28N2O3S. The molecule has 1 aliphatic heterocycles. The van der Waals surface area contributed by atoms with E-state index in [1.54, 1.807) is 12.1 Å². The van der Waals surface area contributed by atoms with Crippen molar-refractivity contribution in [2.75, 3.05) is 32.8 Å². The van der Waals surface area contributed by atoms with Crippen LogP contribution >= 0.6 is 0 Å². The van der Waals surface area contributed by atoms with E-state index in [1.807, 2.05) is 26.0 Å². The fourth-order valence-electron chi connectivity index (χ4n) is 2.86. The van der Waals surface area contributed by atoms with Crippen LogP contribution in [0.5, 0.6) is 0 Å². The lowest BCUT2D eigenvalue weighted by atomic mass is 10.0. The summed E-state index contributed by atoms with van der Waals surface area (Å²) in [4.78, 5) is 0.370. The summed E-state index contributed by atoms with van der Waals surface area (Å²) in [5.41, 5.74) is 1.11. The van der Waals surface area contributed by atoms with Crippen LogP contribution in [0.3, 0.4) is 0 Å². The van der Waals surface area contributed by atoms with Crippen LogP contribution in [0.15, 0.2) is 29.2 Å². The molecule has 1 saturated heterocycles. The van der Waals surface area contributed by atoms with E-state index in [-0.39, 0.29) is 0 Å². The maximum Gasteiger partial charge on any atom is 0.243 e. The lowest BCUT2D eigenvalue weighted by Gasteiger charge is -2.22. The maximum atomic E-state index is 12.4. The first-order valence-corrected chi connectivity index (χ1v) is 9.89. The number of rotatable bonds is 8. The van der Waals surface area contributed by atoms with E-state index in [1.165, 1.54) is 4.31 Å². The van der Waals surface area contributed by atoms with Gasteiger partial charge in [0.05, 0.1) is 4.90 Å². The molecule has 1 aromatic carbocycles. The molecule has 1 aliphatic rings. The SMILES string of the molecule is CCN(CC)S(=O)(=O)c1ccc(CNCC2CCOCC2)cc1. The summed E-state index contributed by atoms with van der Waals surface area (Å²) < 4.78 is 31.7. The molecule has 130 valence electrons. The van der Waals surface area contributed by atoms with Gasteiger partial charge in [-0.1, -0.05) is 26.0 Å². The van der Waals surface area contributed by atoms with Crippen molar-refractivity contribution in [2.45, 2.75) is 38.1 Å². The van der Waals surface area contributed by atoms with Gasteiger partial charge in [0, 0.05) is 32.8 Å². The molecule has 0 atom stereocenters. The number of nitrogens with one attached hydrogen (secondary N) is 1. The topological polar surface area (TPSA) is 58.6 Å². The van der Waals surface area contributed by atoms with Gasteiger partial charge in [0.15, 0.2) is 0 Å². The Hall–Kier alpha value is -0.950. The Morgan fingerprint density at radius 2 is 1.74 bits per heavy atom. The summed E-state index contributed by atoms with van der Waals surface area (Å²) >= 11 is 0. The predicted octanol–water partition coefficient (Wildman–Crippen LogP) is 2.23. The Morgan fingerprint density at radius 3 is 2.30 bits per heavy atom. The predicted molar refractivity (Wildman–Crippen MR) is 91.8 cm³/mol. The van der Waals surface area contributed by atoms with Crippen LogP contribution in [0.1, 0.15) is 32.3 Å². The average Bonchev–Trinajstić information content (AvgIpc) is 2.57. The molecule has 1 aromatic rings. The second kappa shape index (κ2) is 8.78. The molecule has 0 amide bonds. The van der Waals surface area contributed by atoms with Crippen LogP contribution in [0.25, 0.3) is 0 Å². The molecule has 1 heterocycles. The summed E-state index contributed by atoms with van der Waals surface area (Å²) in [5.74, 6) is 0.686. The van der Waals surface area contributed by atoms with Crippen LogP contribution in [0.4, 0.5) is 0 Å². The van der Waals surface area contributed by atoms with Gasteiger partial charge in [-0.2, -0.15) is 4.31 Å². The first kappa shape index (κ1) is 18.4. The molecule has 5 nitrogen and oxygen atoms in total. The van der Waals surface area contributed by atoms with E-state index in [0.29, 0.717) is 23.9 Å². The summed E-state index contributed by atoms with van der Waals surface area (Å²) in [5, 5.41) is 3.46. The monoisotopic (exact) mass is 340 g/mol. The van der Waals surface area contributed by atoms with Gasteiger partial charge in [-0.15, -0.1) is 0 Å². The Labute approximate surface area is 140 Å². The summed E-state index contributed by atoms with van der Waals surface area (Å²) in [7, 11) is -3.36. The summed E-state index contributed by atoms with van der Waals surface area (Å²) in [6.07, 6.45) is 2.24. The lowest BCUT2D eigenvalue weighted by molar-refractivity contribution is 0.0662. The zero-order chi connectivity index (χ0) is 16.7. The van der Waals surface area contributed by atoms with Crippen molar-refractivity contribution >= 4 is 10.0 Å². The van der Waals surface area contributed by atoms with Gasteiger partial charge < -0.3 is 10.1 Å². The Bertz CT molecular complexity index is 562. The van der Waals surface area contributed by atoms with Crippen molar-refractivity contribution in [3.8, 4) is 0 Å². The number of benzene rings is 1. The van der Waals surface area contributed by atoms with Gasteiger partial charge in [-0.3, -0.25) is 0 Å². The Kier molecular flexibility index (Phi) is 7.02. The van der Waals surface area contributed by atoms with Gasteiger partial charge in [-0.25, -0.2) is 8.42 Å². The highest BCUT2D eigenvalue weighted by Gasteiger charge is 2.21. The van der Waals surface area contributed by atoms with E-state index in [4.69, 9.17) is 4.74 Å². The molecule has 0 bridgehead atoms. The van der Waals surface area contributed by atoms with E-state index in [0.717, 1.165) is 44.7 Å². The molecule has 1 N–H and O–H groups in total. The largest absolute Gasteiger partial charge is 0.381 e. The lowest BCUT2D eigenvalue weighted by Crippen LogP contribution is -2.30. The van der Waals surface area contributed by atoms with Gasteiger partial charge >= 0.3 is 0 Å². The first-order chi connectivity index (χ1) is 11.1. The van der Waals surface area contributed by atoms with Crippen LogP contribution in [0.2, 0.25) is 0 Å². The van der Waals surface area contributed by atoms with E-state index in [9.17, 15) is 8.42 Å². The second-order valence-corrected chi connectivity index (χ2v) is 7.86. The molecule has 0 spiro atoms. The van der Waals surface area contributed by atoms with Gasteiger partial charge in [0.25, 0.3) is 0 Å². The van der Waals surface area contributed by atoms with Gasteiger partial charge in [-0.05, 0) is 43.0 Å². The number of nitrogens with zero attached hydrogens (tertiary/aromatic N) is 1. The molecule has 2 rings (SSSR count).